The third kappa shape index (κ3) is 1.93. The van der Waals surface area contributed by atoms with E-state index in [1.54, 1.807) is 19.1 Å². The molecule has 1 nitrogen and oxygen atoms in total. The van der Waals surface area contributed by atoms with E-state index in [1.807, 2.05) is 0 Å². The summed E-state index contributed by atoms with van der Waals surface area (Å²) in [5, 5.41) is 13.1. The summed E-state index contributed by atoms with van der Waals surface area (Å²) >= 11 is 1.12. The van der Waals surface area contributed by atoms with E-state index < -0.39 is 11.8 Å². The second kappa shape index (κ2) is 4.40. The van der Waals surface area contributed by atoms with Gasteiger partial charge in [0.2, 0.25) is 5.60 Å². The highest BCUT2D eigenvalue weighted by Crippen LogP contribution is 2.45. The number of benzene rings is 1. The molecule has 18 heavy (non-hydrogen) atoms. The van der Waals surface area contributed by atoms with Gasteiger partial charge in [-0.15, -0.1) is 0 Å². The van der Waals surface area contributed by atoms with Gasteiger partial charge in [0, 0.05) is 11.1 Å². The van der Waals surface area contributed by atoms with Crippen LogP contribution >= 0.6 is 11.3 Å². The molecule has 1 unspecified atom stereocenters. The molecule has 1 aromatic carbocycles. The Bertz CT molecular complexity index is 533. The fourth-order valence-electron chi connectivity index (χ4n) is 1.92. The zero-order valence-electron chi connectivity index (χ0n) is 9.53. The topological polar surface area (TPSA) is 20.2 Å². The average Bonchev–Trinajstić information content (AvgIpc) is 2.80. The second-order valence-electron chi connectivity index (χ2n) is 4.04. The summed E-state index contributed by atoms with van der Waals surface area (Å²) in [6.07, 6.45) is -4.76. The van der Waals surface area contributed by atoms with E-state index in [0.717, 1.165) is 11.3 Å². The van der Waals surface area contributed by atoms with Crippen molar-refractivity contribution in [2.75, 3.05) is 0 Å². The van der Waals surface area contributed by atoms with E-state index in [4.69, 9.17) is 0 Å². The molecule has 2 aromatic rings. The maximum atomic E-state index is 13.3. The van der Waals surface area contributed by atoms with E-state index in [0.29, 0.717) is 5.56 Å². The van der Waals surface area contributed by atoms with E-state index in [-0.39, 0.29) is 11.1 Å². The fourth-order valence-corrected chi connectivity index (χ4v) is 2.62. The van der Waals surface area contributed by atoms with Gasteiger partial charge in [-0.05, 0) is 29.3 Å². The Morgan fingerprint density at radius 3 is 2.28 bits per heavy atom. The standard InChI is InChI=1S/C13H11F3OS/c1-9-4-2-3-5-11(9)12(17,13(14,15)16)10-6-7-18-8-10/h2-8,17H,1H3. The number of thiophene rings is 1. The van der Waals surface area contributed by atoms with Crippen molar-refractivity contribution in [2.24, 2.45) is 0 Å². The van der Waals surface area contributed by atoms with Crippen LogP contribution in [0, 0.1) is 6.92 Å². The Hall–Kier alpha value is -1.33. The molecule has 0 aliphatic rings. The van der Waals surface area contributed by atoms with E-state index in [2.05, 4.69) is 0 Å². The van der Waals surface area contributed by atoms with Crippen LogP contribution in [0.1, 0.15) is 16.7 Å². The average molecular weight is 272 g/mol. The number of hydrogen-bond acceptors (Lipinski definition) is 2. The molecule has 1 aromatic heterocycles. The van der Waals surface area contributed by atoms with Gasteiger partial charge in [-0.1, -0.05) is 24.3 Å². The minimum Gasteiger partial charge on any atom is -0.372 e. The molecular formula is C13H11F3OS. The van der Waals surface area contributed by atoms with Gasteiger partial charge >= 0.3 is 6.18 Å². The minimum absolute atomic E-state index is 0.129. The zero-order chi connectivity index (χ0) is 13.4. The fraction of sp³-hybridized carbons (Fsp3) is 0.231. The number of halogens is 3. The van der Waals surface area contributed by atoms with Gasteiger partial charge in [0.05, 0.1) is 0 Å². The molecule has 0 bridgehead atoms. The van der Waals surface area contributed by atoms with Gasteiger partial charge in [-0.2, -0.15) is 24.5 Å². The molecule has 96 valence electrons. The lowest BCUT2D eigenvalue weighted by molar-refractivity contribution is -0.248. The van der Waals surface area contributed by atoms with Crippen molar-refractivity contribution in [3.05, 3.63) is 57.8 Å². The quantitative estimate of drug-likeness (QED) is 0.880. The van der Waals surface area contributed by atoms with Crippen LogP contribution in [0.3, 0.4) is 0 Å². The molecule has 0 aliphatic heterocycles. The molecule has 1 heterocycles. The van der Waals surface area contributed by atoms with Gasteiger partial charge in [0.25, 0.3) is 0 Å². The van der Waals surface area contributed by atoms with Crippen LogP contribution in [-0.2, 0) is 5.60 Å². The summed E-state index contributed by atoms with van der Waals surface area (Å²) < 4.78 is 39.9. The summed E-state index contributed by atoms with van der Waals surface area (Å²) in [6.45, 7) is 1.55. The van der Waals surface area contributed by atoms with Crippen molar-refractivity contribution in [3.8, 4) is 0 Å². The predicted molar refractivity (Wildman–Crippen MR) is 64.6 cm³/mol. The van der Waals surface area contributed by atoms with E-state index in [1.165, 1.54) is 29.0 Å². The van der Waals surface area contributed by atoms with Crippen LogP contribution in [-0.4, -0.2) is 11.3 Å². The first-order valence-corrected chi connectivity index (χ1v) is 6.19. The van der Waals surface area contributed by atoms with Crippen molar-refractivity contribution in [1.29, 1.82) is 0 Å². The van der Waals surface area contributed by atoms with Crippen molar-refractivity contribution < 1.29 is 18.3 Å². The summed E-state index contributed by atoms with van der Waals surface area (Å²) in [6, 6.07) is 7.29. The lowest BCUT2D eigenvalue weighted by Crippen LogP contribution is -2.43. The Labute approximate surface area is 107 Å². The van der Waals surface area contributed by atoms with Gasteiger partial charge < -0.3 is 5.11 Å². The second-order valence-corrected chi connectivity index (χ2v) is 4.82. The lowest BCUT2D eigenvalue weighted by Gasteiger charge is -2.31. The van der Waals surface area contributed by atoms with Crippen LogP contribution in [0.25, 0.3) is 0 Å². The molecule has 1 N–H and O–H groups in total. The van der Waals surface area contributed by atoms with Gasteiger partial charge in [-0.3, -0.25) is 0 Å². The monoisotopic (exact) mass is 272 g/mol. The Morgan fingerprint density at radius 2 is 1.78 bits per heavy atom. The first-order chi connectivity index (χ1) is 8.37. The third-order valence-corrected chi connectivity index (χ3v) is 3.57. The highest BCUT2D eigenvalue weighted by atomic mass is 32.1. The van der Waals surface area contributed by atoms with Gasteiger partial charge in [0.15, 0.2) is 0 Å². The molecule has 0 spiro atoms. The molecule has 0 saturated carbocycles. The Morgan fingerprint density at radius 1 is 1.11 bits per heavy atom. The predicted octanol–water partition coefficient (Wildman–Crippen LogP) is 3.85. The van der Waals surface area contributed by atoms with Crippen molar-refractivity contribution in [3.63, 3.8) is 0 Å². The largest absolute Gasteiger partial charge is 0.425 e. The summed E-state index contributed by atoms with van der Waals surface area (Å²) in [5.74, 6) is 0. The van der Waals surface area contributed by atoms with Crippen LogP contribution < -0.4 is 0 Å². The van der Waals surface area contributed by atoms with Crippen LogP contribution in [0.4, 0.5) is 13.2 Å². The highest BCUT2D eigenvalue weighted by Gasteiger charge is 2.56. The number of aliphatic hydroxyl groups is 1. The Balaban J connectivity index is 2.69. The van der Waals surface area contributed by atoms with Gasteiger partial charge in [0.1, 0.15) is 0 Å². The molecule has 0 fully saturated rings. The molecule has 5 heteroatoms. The first kappa shape index (κ1) is 13.1. The molecular weight excluding hydrogens is 261 g/mol. The Kier molecular flexibility index (Phi) is 3.21. The zero-order valence-corrected chi connectivity index (χ0v) is 10.3. The maximum Gasteiger partial charge on any atom is 0.425 e. The van der Waals surface area contributed by atoms with Crippen LogP contribution in [0.15, 0.2) is 41.1 Å². The van der Waals surface area contributed by atoms with E-state index in [9.17, 15) is 18.3 Å². The van der Waals surface area contributed by atoms with Crippen LogP contribution in [0.5, 0.6) is 0 Å². The van der Waals surface area contributed by atoms with Crippen molar-refractivity contribution in [1.82, 2.24) is 0 Å². The SMILES string of the molecule is Cc1ccccc1C(O)(c1ccsc1)C(F)(F)F. The molecule has 2 rings (SSSR count). The van der Waals surface area contributed by atoms with Crippen molar-refractivity contribution in [2.45, 2.75) is 18.7 Å². The maximum absolute atomic E-state index is 13.3. The normalized spacial score (nSPS) is 15.4. The molecule has 1 atom stereocenters. The third-order valence-electron chi connectivity index (χ3n) is 2.88. The number of alkyl halides is 3. The van der Waals surface area contributed by atoms with Gasteiger partial charge in [-0.25, -0.2) is 0 Å². The molecule has 0 aliphatic carbocycles. The minimum atomic E-state index is -4.76. The molecule has 0 amide bonds. The number of aryl methyl sites for hydroxylation is 1. The molecule has 0 radical (unpaired) electrons. The number of hydrogen-bond donors (Lipinski definition) is 1. The summed E-state index contributed by atoms with van der Waals surface area (Å²) in [4.78, 5) is 0. The van der Waals surface area contributed by atoms with Crippen molar-refractivity contribution >= 4 is 11.3 Å². The molecule has 0 saturated heterocycles. The summed E-state index contributed by atoms with van der Waals surface area (Å²) in [7, 11) is 0. The lowest BCUT2D eigenvalue weighted by atomic mass is 9.85. The first-order valence-electron chi connectivity index (χ1n) is 5.25. The smallest absolute Gasteiger partial charge is 0.372 e. The number of rotatable bonds is 2. The highest BCUT2D eigenvalue weighted by molar-refractivity contribution is 7.08. The summed E-state index contributed by atoms with van der Waals surface area (Å²) in [5.41, 5.74) is -2.81. The van der Waals surface area contributed by atoms with E-state index >= 15 is 0 Å². The van der Waals surface area contributed by atoms with Crippen LogP contribution in [0.2, 0.25) is 0 Å².